The first-order valence-electron chi connectivity index (χ1n) is 14.0. The van der Waals surface area contributed by atoms with Gasteiger partial charge < -0.3 is 24.2 Å². The van der Waals surface area contributed by atoms with Crippen molar-refractivity contribution in [3.8, 4) is 0 Å². The molecule has 0 amide bonds. The lowest BCUT2D eigenvalue weighted by Crippen LogP contribution is -2.21. The second-order valence-corrected chi connectivity index (χ2v) is 10.3. The molecule has 204 valence electrons. The average Bonchev–Trinajstić information content (AvgIpc) is 3.56. The van der Waals surface area contributed by atoms with Crippen molar-refractivity contribution in [3.63, 3.8) is 0 Å². The zero-order valence-electron chi connectivity index (χ0n) is 23.1. The number of nitrogens with zero attached hydrogens (tertiary/aromatic N) is 3. The molecule has 3 aromatic heterocycles. The van der Waals surface area contributed by atoms with E-state index in [1.807, 2.05) is 24.4 Å². The van der Waals surface area contributed by atoms with Crippen LogP contribution in [0, 0.1) is 0 Å². The molecule has 3 heterocycles. The van der Waals surface area contributed by atoms with Gasteiger partial charge in [0.15, 0.2) is 0 Å². The number of aromatic amines is 1. The third kappa shape index (κ3) is 4.77. The van der Waals surface area contributed by atoms with Crippen molar-refractivity contribution >= 4 is 49.6 Å². The minimum Gasteiger partial charge on any atom is -0.465 e. The molecule has 0 aliphatic carbocycles. The molecule has 40 heavy (non-hydrogen) atoms. The highest BCUT2D eigenvalue weighted by molar-refractivity contribution is 6.15. The molecule has 0 bridgehead atoms. The van der Waals surface area contributed by atoms with Gasteiger partial charge in [-0.25, -0.2) is 4.79 Å². The number of carbonyl (C=O) groups excluding carboxylic acids is 1. The molecule has 0 aliphatic heterocycles. The number of para-hydroxylation sites is 3. The van der Waals surface area contributed by atoms with Gasteiger partial charge in [0, 0.05) is 53.5 Å². The van der Waals surface area contributed by atoms with E-state index in [0.717, 1.165) is 72.9 Å². The molecule has 0 saturated carbocycles. The molecule has 6 aromatic rings. The van der Waals surface area contributed by atoms with E-state index in [9.17, 15) is 4.79 Å². The van der Waals surface area contributed by atoms with E-state index in [4.69, 9.17) is 9.73 Å². The molecular weight excluding hydrogens is 498 g/mol. The maximum Gasteiger partial charge on any atom is 0.340 e. The first-order valence-corrected chi connectivity index (χ1v) is 14.0. The maximum atomic E-state index is 12.2. The SMILES string of the molecule is COC(=O)c1cn(CCCCNCCCN=c2c3c4ccccc4[nH]c3c3ccccc3n2C)c2ccccc12. The number of carbonyl (C=O) groups is 1. The number of aryl methyl sites for hydroxylation is 2. The molecule has 0 fully saturated rings. The van der Waals surface area contributed by atoms with Crippen molar-refractivity contribution in [2.45, 2.75) is 25.8 Å². The molecule has 0 aliphatic rings. The molecule has 0 saturated heterocycles. The molecule has 2 N–H and O–H groups in total. The highest BCUT2D eigenvalue weighted by Crippen LogP contribution is 2.28. The number of nitrogens with one attached hydrogen (secondary N) is 2. The molecule has 0 unspecified atom stereocenters. The van der Waals surface area contributed by atoms with Crippen LogP contribution in [0.5, 0.6) is 0 Å². The monoisotopic (exact) mass is 533 g/mol. The summed E-state index contributed by atoms with van der Waals surface area (Å²) >= 11 is 0. The lowest BCUT2D eigenvalue weighted by molar-refractivity contribution is 0.0602. The van der Waals surface area contributed by atoms with Crippen LogP contribution in [0.2, 0.25) is 0 Å². The van der Waals surface area contributed by atoms with E-state index in [-0.39, 0.29) is 5.97 Å². The molecular formula is C33H35N5O2. The van der Waals surface area contributed by atoms with Crippen LogP contribution in [0.25, 0.3) is 43.6 Å². The van der Waals surface area contributed by atoms with Crippen LogP contribution in [0.15, 0.2) is 84.0 Å². The number of ether oxygens (including phenoxy) is 1. The van der Waals surface area contributed by atoms with Crippen molar-refractivity contribution < 1.29 is 9.53 Å². The lowest BCUT2D eigenvalue weighted by Gasteiger charge is -2.09. The van der Waals surface area contributed by atoms with Crippen LogP contribution in [-0.2, 0) is 18.3 Å². The van der Waals surface area contributed by atoms with Gasteiger partial charge in [0.25, 0.3) is 0 Å². The maximum absolute atomic E-state index is 12.2. The summed E-state index contributed by atoms with van der Waals surface area (Å²) in [6.07, 6.45) is 4.99. The summed E-state index contributed by atoms with van der Waals surface area (Å²) in [5.74, 6) is -0.287. The van der Waals surface area contributed by atoms with Gasteiger partial charge in [-0.1, -0.05) is 54.6 Å². The van der Waals surface area contributed by atoms with Crippen LogP contribution in [0.1, 0.15) is 29.6 Å². The predicted molar refractivity (Wildman–Crippen MR) is 163 cm³/mol. The summed E-state index contributed by atoms with van der Waals surface area (Å²) in [5, 5.41) is 8.14. The fraction of sp³-hybridized carbons (Fsp3) is 0.273. The van der Waals surface area contributed by atoms with Gasteiger partial charge in [0.1, 0.15) is 5.49 Å². The molecule has 7 heteroatoms. The van der Waals surface area contributed by atoms with Crippen molar-refractivity contribution in [1.82, 2.24) is 19.4 Å². The Labute approximate surface area is 233 Å². The first-order chi connectivity index (χ1) is 19.7. The van der Waals surface area contributed by atoms with Crippen LogP contribution in [0.3, 0.4) is 0 Å². The zero-order valence-corrected chi connectivity index (χ0v) is 23.1. The number of benzene rings is 3. The summed E-state index contributed by atoms with van der Waals surface area (Å²) in [7, 11) is 3.54. The van der Waals surface area contributed by atoms with Crippen molar-refractivity contribution in [2.24, 2.45) is 12.0 Å². The van der Waals surface area contributed by atoms with E-state index in [1.165, 1.54) is 28.8 Å². The van der Waals surface area contributed by atoms with E-state index in [0.29, 0.717) is 5.56 Å². The Hall–Kier alpha value is -4.36. The van der Waals surface area contributed by atoms with Crippen LogP contribution >= 0.6 is 0 Å². The Bertz CT molecular complexity index is 1890. The number of fused-ring (bicyclic) bond motifs is 6. The molecule has 7 nitrogen and oxygen atoms in total. The summed E-state index contributed by atoms with van der Waals surface area (Å²) in [5.41, 5.74) is 6.19. The summed E-state index contributed by atoms with van der Waals surface area (Å²) in [4.78, 5) is 20.9. The number of hydrogen-bond acceptors (Lipinski definition) is 4. The third-order valence-corrected chi connectivity index (χ3v) is 7.75. The molecule has 6 rings (SSSR count). The Balaban J connectivity index is 1.07. The van der Waals surface area contributed by atoms with E-state index < -0.39 is 0 Å². The van der Waals surface area contributed by atoms with Gasteiger partial charge in [-0.15, -0.1) is 0 Å². The number of methoxy groups -OCH3 is 1. The second-order valence-electron chi connectivity index (χ2n) is 10.3. The molecule has 0 radical (unpaired) electrons. The fourth-order valence-corrected chi connectivity index (χ4v) is 5.77. The fourth-order valence-electron chi connectivity index (χ4n) is 5.77. The van der Waals surface area contributed by atoms with Crippen LogP contribution in [-0.4, -0.2) is 46.8 Å². The predicted octanol–water partition coefficient (Wildman–Crippen LogP) is 5.91. The lowest BCUT2D eigenvalue weighted by atomic mass is 10.1. The number of H-pyrrole nitrogens is 1. The zero-order chi connectivity index (χ0) is 27.5. The van der Waals surface area contributed by atoms with Gasteiger partial charge in [-0.05, 0) is 50.6 Å². The Morgan fingerprint density at radius 2 is 1.57 bits per heavy atom. The van der Waals surface area contributed by atoms with Gasteiger partial charge in [-0.3, -0.25) is 4.99 Å². The largest absolute Gasteiger partial charge is 0.465 e. The number of rotatable bonds is 10. The van der Waals surface area contributed by atoms with Crippen LogP contribution < -0.4 is 10.8 Å². The Morgan fingerprint density at radius 3 is 2.40 bits per heavy atom. The number of esters is 1. The summed E-state index contributed by atoms with van der Waals surface area (Å²) in [6.45, 7) is 3.52. The van der Waals surface area contributed by atoms with E-state index in [2.05, 4.69) is 81.1 Å². The standard InChI is InChI=1S/C33H35N5O2/c1-37-28-16-7-5-14-25(28)31-30(24-13-3-6-15-27(24)36-31)32(37)35-20-11-19-34-18-9-10-21-38-22-26(33(39)40-2)23-12-4-8-17-29(23)38/h3-8,12-17,22,34,36H,9-11,18-21H2,1-2H3. The smallest absolute Gasteiger partial charge is 0.340 e. The minimum atomic E-state index is -0.287. The van der Waals surface area contributed by atoms with Gasteiger partial charge in [0.2, 0.25) is 0 Å². The molecule has 0 atom stereocenters. The number of aromatic nitrogens is 3. The first kappa shape index (κ1) is 25.9. The normalized spacial score (nSPS) is 12.3. The topological polar surface area (TPSA) is 76.3 Å². The second kappa shape index (κ2) is 11.4. The average molecular weight is 534 g/mol. The van der Waals surface area contributed by atoms with Crippen molar-refractivity contribution in [3.05, 3.63) is 90.0 Å². The van der Waals surface area contributed by atoms with Crippen LogP contribution in [0.4, 0.5) is 0 Å². The van der Waals surface area contributed by atoms with E-state index in [1.54, 1.807) is 0 Å². The number of hydrogen-bond donors (Lipinski definition) is 2. The molecule has 0 spiro atoms. The summed E-state index contributed by atoms with van der Waals surface area (Å²) < 4.78 is 9.35. The summed E-state index contributed by atoms with van der Waals surface area (Å²) in [6, 6.07) is 25.0. The third-order valence-electron chi connectivity index (χ3n) is 7.75. The Morgan fingerprint density at radius 1 is 0.875 bits per heavy atom. The number of unbranched alkanes of at least 4 members (excludes halogenated alkanes) is 1. The minimum absolute atomic E-state index is 0.287. The molecule has 3 aromatic carbocycles. The van der Waals surface area contributed by atoms with Crippen molar-refractivity contribution in [2.75, 3.05) is 26.7 Å². The van der Waals surface area contributed by atoms with Gasteiger partial charge in [-0.2, -0.15) is 0 Å². The van der Waals surface area contributed by atoms with Gasteiger partial charge in [0.05, 0.1) is 29.1 Å². The quantitative estimate of drug-likeness (QED) is 0.170. The highest BCUT2D eigenvalue weighted by Gasteiger charge is 2.15. The number of pyridine rings is 1. The van der Waals surface area contributed by atoms with E-state index >= 15 is 0 Å². The Kier molecular flexibility index (Phi) is 7.38. The highest BCUT2D eigenvalue weighted by atomic mass is 16.5. The van der Waals surface area contributed by atoms with Gasteiger partial charge >= 0.3 is 5.97 Å². The van der Waals surface area contributed by atoms with Crippen molar-refractivity contribution in [1.29, 1.82) is 0 Å².